The molecule has 0 spiro atoms. The minimum atomic E-state index is 0.122. The summed E-state index contributed by atoms with van der Waals surface area (Å²) in [7, 11) is 0. The van der Waals surface area contributed by atoms with Crippen molar-refractivity contribution >= 4 is 0 Å². The fourth-order valence-electron chi connectivity index (χ4n) is 1.71. The highest BCUT2D eigenvalue weighted by Crippen LogP contribution is 2.19. The van der Waals surface area contributed by atoms with Crippen molar-refractivity contribution in [2.75, 3.05) is 0 Å². The number of rotatable bonds is 4. The van der Waals surface area contributed by atoms with Crippen LogP contribution in [0, 0.1) is 0 Å². The number of benzene rings is 1. The first-order valence-electron chi connectivity index (χ1n) is 6.06. The van der Waals surface area contributed by atoms with Crippen LogP contribution in [0.2, 0.25) is 0 Å². The summed E-state index contributed by atoms with van der Waals surface area (Å²) in [4.78, 5) is 8.69. The SMILES string of the molecule is CCC(N)Cc1ccnc(-c2cccc(O)c2)n1. The molecule has 1 aromatic heterocycles. The Balaban J connectivity index is 2.27. The Labute approximate surface area is 107 Å². The van der Waals surface area contributed by atoms with Gasteiger partial charge in [0.2, 0.25) is 0 Å². The summed E-state index contributed by atoms with van der Waals surface area (Å²) in [5.74, 6) is 0.832. The van der Waals surface area contributed by atoms with Crippen LogP contribution in [-0.2, 0) is 6.42 Å². The van der Waals surface area contributed by atoms with Gasteiger partial charge in [-0.3, -0.25) is 0 Å². The summed E-state index contributed by atoms with van der Waals surface area (Å²) in [6.07, 6.45) is 3.39. The highest BCUT2D eigenvalue weighted by molar-refractivity contribution is 5.57. The van der Waals surface area contributed by atoms with Gasteiger partial charge in [0, 0.05) is 29.9 Å². The smallest absolute Gasteiger partial charge is 0.159 e. The molecular weight excluding hydrogens is 226 g/mol. The van der Waals surface area contributed by atoms with E-state index < -0.39 is 0 Å². The van der Waals surface area contributed by atoms with Crippen LogP contribution in [0.15, 0.2) is 36.5 Å². The zero-order valence-corrected chi connectivity index (χ0v) is 10.4. The lowest BCUT2D eigenvalue weighted by molar-refractivity contribution is 0.475. The van der Waals surface area contributed by atoms with Crippen LogP contribution in [0.5, 0.6) is 5.75 Å². The molecule has 0 aliphatic rings. The molecule has 1 atom stereocenters. The number of aromatic nitrogens is 2. The predicted molar refractivity (Wildman–Crippen MR) is 71.1 cm³/mol. The normalized spacial score (nSPS) is 12.3. The average molecular weight is 243 g/mol. The molecule has 94 valence electrons. The van der Waals surface area contributed by atoms with E-state index in [1.807, 2.05) is 12.1 Å². The first-order chi connectivity index (χ1) is 8.69. The van der Waals surface area contributed by atoms with Crippen molar-refractivity contribution in [1.29, 1.82) is 0 Å². The second kappa shape index (κ2) is 5.60. The quantitative estimate of drug-likeness (QED) is 0.862. The number of nitrogens with zero attached hydrogens (tertiary/aromatic N) is 2. The number of phenols is 1. The standard InChI is InChI=1S/C14H17N3O/c1-2-11(15)9-12-6-7-16-14(17-12)10-4-3-5-13(18)8-10/h3-8,11,18H,2,9,15H2,1H3. The van der Waals surface area contributed by atoms with Gasteiger partial charge in [-0.15, -0.1) is 0 Å². The number of nitrogens with two attached hydrogens (primary N) is 1. The van der Waals surface area contributed by atoms with Crippen molar-refractivity contribution in [1.82, 2.24) is 9.97 Å². The van der Waals surface area contributed by atoms with Crippen molar-refractivity contribution in [2.45, 2.75) is 25.8 Å². The second-order valence-electron chi connectivity index (χ2n) is 4.29. The summed E-state index contributed by atoms with van der Waals surface area (Å²) in [6.45, 7) is 2.06. The molecule has 0 fully saturated rings. The molecule has 4 nitrogen and oxygen atoms in total. The molecule has 0 radical (unpaired) electrons. The number of aromatic hydroxyl groups is 1. The number of hydrogen-bond acceptors (Lipinski definition) is 4. The van der Waals surface area contributed by atoms with Crippen molar-refractivity contribution in [2.24, 2.45) is 5.73 Å². The van der Waals surface area contributed by atoms with Crippen LogP contribution in [0.1, 0.15) is 19.0 Å². The Morgan fingerprint density at radius 2 is 2.17 bits per heavy atom. The van der Waals surface area contributed by atoms with Crippen LogP contribution < -0.4 is 5.73 Å². The summed E-state index contributed by atoms with van der Waals surface area (Å²) >= 11 is 0. The Bertz CT molecular complexity index is 528. The van der Waals surface area contributed by atoms with Gasteiger partial charge >= 0.3 is 0 Å². The molecule has 0 bridgehead atoms. The minimum Gasteiger partial charge on any atom is -0.508 e. The van der Waals surface area contributed by atoms with Gasteiger partial charge in [0.05, 0.1) is 0 Å². The molecule has 2 rings (SSSR count). The van der Waals surface area contributed by atoms with Crippen LogP contribution in [-0.4, -0.2) is 21.1 Å². The van der Waals surface area contributed by atoms with Crippen LogP contribution in [0.3, 0.4) is 0 Å². The van der Waals surface area contributed by atoms with Gasteiger partial charge in [-0.05, 0) is 24.6 Å². The fraction of sp³-hybridized carbons (Fsp3) is 0.286. The molecule has 1 unspecified atom stereocenters. The van der Waals surface area contributed by atoms with E-state index >= 15 is 0 Å². The van der Waals surface area contributed by atoms with Crippen LogP contribution in [0.4, 0.5) is 0 Å². The van der Waals surface area contributed by atoms with E-state index in [0.29, 0.717) is 5.82 Å². The maximum absolute atomic E-state index is 9.45. The van der Waals surface area contributed by atoms with Crippen LogP contribution in [0.25, 0.3) is 11.4 Å². The third-order valence-electron chi connectivity index (χ3n) is 2.81. The van der Waals surface area contributed by atoms with Gasteiger partial charge < -0.3 is 10.8 Å². The summed E-state index contributed by atoms with van der Waals surface area (Å²) in [6, 6.07) is 8.93. The Kier molecular flexibility index (Phi) is 3.89. The van der Waals surface area contributed by atoms with Gasteiger partial charge in [0.1, 0.15) is 5.75 Å². The van der Waals surface area contributed by atoms with Crippen LogP contribution >= 0.6 is 0 Å². The van der Waals surface area contributed by atoms with Crippen molar-refractivity contribution in [3.8, 4) is 17.1 Å². The van der Waals surface area contributed by atoms with Gasteiger partial charge in [0.15, 0.2) is 5.82 Å². The van der Waals surface area contributed by atoms with E-state index in [1.165, 1.54) is 0 Å². The van der Waals surface area contributed by atoms with Gasteiger partial charge in [-0.2, -0.15) is 0 Å². The predicted octanol–water partition coefficient (Wildman–Crippen LogP) is 2.13. The summed E-state index contributed by atoms with van der Waals surface area (Å²) < 4.78 is 0. The Hall–Kier alpha value is -1.94. The average Bonchev–Trinajstić information content (AvgIpc) is 2.39. The van der Waals surface area contributed by atoms with E-state index in [-0.39, 0.29) is 11.8 Å². The number of phenolic OH excluding ortho intramolecular Hbond substituents is 1. The molecule has 18 heavy (non-hydrogen) atoms. The van der Waals surface area contributed by atoms with Crippen molar-refractivity contribution < 1.29 is 5.11 Å². The van der Waals surface area contributed by atoms with Gasteiger partial charge in [-0.1, -0.05) is 19.1 Å². The molecule has 0 saturated carbocycles. The fourth-order valence-corrected chi connectivity index (χ4v) is 1.71. The molecular formula is C14H17N3O. The second-order valence-corrected chi connectivity index (χ2v) is 4.29. The Morgan fingerprint density at radius 3 is 2.89 bits per heavy atom. The highest BCUT2D eigenvalue weighted by Gasteiger charge is 2.06. The third kappa shape index (κ3) is 3.05. The minimum absolute atomic E-state index is 0.122. The van der Waals surface area contributed by atoms with E-state index in [0.717, 1.165) is 24.1 Å². The zero-order chi connectivity index (χ0) is 13.0. The van der Waals surface area contributed by atoms with Crippen molar-refractivity contribution in [3.05, 3.63) is 42.2 Å². The van der Waals surface area contributed by atoms with E-state index in [2.05, 4.69) is 16.9 Å². The monoisotopic (exact) mass is 243 g/mol. The molecule has 3 N–H and O–H groups in total. The molecule has 4 heteroatoms. The van der Waals surface area contributed by atoms with E-state index in [9.17, 15) is 5.11 Å². The molecule has 1 aromatic carbocycles. The highest BCUT2D eigenvalue weighted by atomic mass is 16.3. The van der Waals surface area contributed by atoms with Crippen molar-refractivity contribution in [3.63, 3.8) is 0 Å². The Morgan fingerprint density at radius 1 is 1.33 bits per heavy atom. The molecule has 0 aliphatic carbocycles. The molecule has 1 heterocycles. The van der Waals surface area contributed by atoms with Gasteiger partial charge in [0.25, 0.3) is 0 Å². The maximum Gasteiger partial charge on any atom is 0.159 e. The zero-order valence-electron chi connectivity index (χ0n) is 10.4. The molecule has 0 saturated heterocycles. The largest absolute Gasteiger partial charge is 0.508 e. The summed E-state index contributed by atoms with van der Waals surface area (Å²) in [5.41, 5.74) is 7.65. The van der Waals surface area contributed by atoms with Gasteiger partial charge in [-0.25, -0.2) is 9.97 Å². The lowest BCUT2D eigenvalue weighted by Crippen LogP contribution is -2.22. The number of hydrogen-bond donors (Lipinski definition) is 2. The lowest BCUT2D eigenvalue weighted by Gasteiger charge is -2.08. The van der Waals surface area contributed by atoms with E-state index in [1.54, 1.807) is 24.4 Å². The molecule has 2 aromatic rings. The van der Waals surface area contributed by atoms with E-state index in [4.69, 9.17) is 5.73 Å². The summed E-state index contributed by atoms with van der Waals surface area (Å²) in [5, 5.41) is 9.45. The molecule has 0 amide bonds. The first kappa shape index (κ1) is 12.5. The maximum atomic E-state index is 9.45. The molecule has 0 aliphatic heterocycles. The first-order valence-corrected chi connectivity index (χ1v) is 6.06. The third-order valence-corrected chi connectivity index (χ3v) is 2.81. The lowest BCUT2D eigenvalue weighted by atomic mass is 10.1. The topological polar surface area (TPSA) is 72.0 Å².